The van der Waals surface area contributed by atoms with Crippen LogP contribution in [0.25, 0.3) is 0 Å². The molecule has 0 aromatic carbocycles. The second kappa shape index (κ2) is 6.37. The van der Waals surface area contributed by atoms with Crippen molar-refractivity contribution in [2.24, 2.45) is 7.05 Å². The average Bonchev–Trinajstić information content (AvgIpc) is 2.95. The molecule has 7 nitrogen and oxygen atoms in total. The van der Waals surface area contributed by atoms with Crippen LogP contribution in [-0.2, 0) is 23.5 Å². The predicted octanol–water partition coefficient (Wildman–Crippen LogP) is 1.74. The number of hydrogen-bond acceptors (Lipinski definition) is 5. The summed E-state index contributed by atoms with van der Waals surface area (Å²) in [5.74, 6) is -1.35. The normalized spacial score (nSPS) is 13.2. The lowest BCUT2D eigenvalue weighted by atomic mass is 10.2. The van der Waals surface area contributed by atoms with Crippen molar-refractivity contribution < 1.29 is 18.3 Å². The summed E-state index contributed by atoms with van der Waals surface area (Å²) in [6.45, 7) is 1.70. The standard InChI is InChI=1S/C12H14ClN3O4S2/c1-7(5-8-3-4-10(13)21-8)15-22(19,20)9-6-14-16(2)11(9)12(17)18/h3-4,6-7,15H,5H2,1-2H3,(H,17,18). The van der Waals surface area contributed by atoms with E-state index in [9.17, 15) is 13.2 Å². The molecule has 2 heterocycles. The van der Waals surface area contributed by atoms with Gasteiger partial charge in [-0.2, -0.15) is 5.10 Å². The molecule has 2 aromatic heterocycles. The molecule has 22 heavy (non-hydrogen) atoms. The van der Waals surface area contributed by atoms with Crippen molar-refractivity contribution >= 4 is 38.9 Å². The summed E-state index contributed by atoms with van der Waals surface area (Å²) in [4.78, 5) is 11.8. The second-order valence-electron chi connectivity index (χ2n) is 4.72. The minimum atomic E-state index is -3.97. The van der Waals surface area contributed by atoms with Crippen molar-refractivity contribution in [2.45, 2.75) is 24.3 Å². The number of carboxylic acid groups (broad SMARTS) is 1. The van der Waals surface area contributed by atoms with Gasteiger partial charge in [-0.05, 0) is 25.5 Å². The number of nitrogens with one attached hydrogen (secondary N) is 1. The zero-order chi connectivity index (χ0) is 16.5. The molecule has 0 saturated carbocycles. The smallest absolute Gasteiger partial charge is 0.355 e. The Kier molecular flexibility index (Phi) is 4.90. The van der Waals surface area contributed by atoms with Crippen molar-refractivity contribution in [2.75, 3.05) is 0 Å². The third-order valence-corrected chi connectivity index (χ3v) is 5.73. The zero-order valence-corrected chi connectivity index (χ0v) is 14.2. The lowest BCUT2D eigenvalue weighted by Crippen LogP contribution is -2.34. The molecule has 120 valence electrons. The van der Waals surface area contributed by atoms with Gasteiger partial charge >= 0.3 is 5.97 Å². The van der Waals surface area contributed by atoms with Gasteiger partial charge in [-0.1, -0.05) is 11.6 Å². The molecule has 0 aliphatic carbocycles. The van der Waals surface area contributed by atoms with E-state index in [-0.39, 0.29) is 10.6 Å². The first kappa shape index (κ1) is 16.9. The summed E-state index contributed by atoms with van der Waals surface area (Å²) in [6.07, 6.45) is 1.49. The summed E-state index contributed by atoms with van der Waals surface area (Å²) >= 11 is 7.20. The Bertz CT molecular complexity index is 797. The fourth-order valence-corrected chi connectivity index (χ4v) is 4.61. The number of hydrogen-bond donors (Lipinski definition) is 2. The monoisotopic (exact) mass is 363 g/mol. The van der Waals surface area contributed by atoms with Gasteiger partial charge in [-0.15, -0.1) is 11.3 Å². The van der Waals surface area contributed by atoms with Gasteiger partial charge in [-0.25, -0.2) is 17.9 Å². The van der Waals surface area contributed by atoms with Gasteiger partial charge in [-0.3, -0.25) is 4.68 Å². The van der Waals surface area contributed by atoms with Crippen molar-refractivity contribution in [3.05, 3.63) is 33.2 Å². The third kappa shape index (κ3) is 3.67. The number of aromatic nitrogens is 2. The van der Waals surface area contributed by atoms with E-state index < -0.39 is 22.0 Å². The van der Waals surface area contributed by atoms with Gasteiger partial charge in [0.2, 0.25) is 10.0 Å². The van der Waals surface area contributed by atoms with Crippen LogP contribution in [-0.4, -0.2) is 35.3 Å². The summed E-state index contributed by atoms with van der Waals surface area (Å²) in [5.41, 5.74) is -0.376. The second-order valence-corrected chi connectivity index (χ2v) is 8.20. The van der Waals surface area contributed by atoms with Crippen LogP contribution in [0.5, 0.6) is 0 Å². The molecule has 1 atom stereocenters. The van der Waals surface area contributed by atoms with Crippen molar-refractivity contribution in [3.63, 3.8) is 0 Å². The van der Waals surface area contributed by atoms with E-state index in [0.717, 1.165) is 15.8 Å². The Morgan fingerprint density at radius 3 is 2.77 bits per heavy atom. The lowest BCUT2D eigenvalue weighted by molar-refractivity contribution is 0.0680. The first-order chi connectivity index (χ1) is 10.2. The molecule has 0 aliphatic rings. The summed E-state index contributed by atoms with van der Waals surface area (Å²) in [7, 11) is -2.60. The minimum Gasteiger partial charge on any atom is -0.476 e. The van der Waals surface area contributed by atoms with Crippen molar-refractivity contribution in [1.82, 2.24) is 14.5 Å². The van der Waals surface area contributed by atoms with E-state index in [1.165, 1.54) is 18.4 Å². The largest absolute Gasteiger partial charge is 0.476 e. The zero-order valence-electron chi connectivity index (χ0n) is 11.8. The highest BCUT2D eigenvalue weighted by molar-refractivity contribution is 7.89. The van der Waals surface area contributed by atoms with E-state index in [0.29, 0.717) is 10.8 Å². The molecule has 2 rings (SSSR count). The average molecular weight is 364 g/mol. The van der Waals surface area contributed by atoms with Gasteiger partial charge in [0.1, 0.15) is 4.90 Å². The Morgan fingerprint density at radius 1 is 1.55 bits per heavy atom. The van der Waals surface area contributed by atoms with Crippen LogP contribution in [0.2, 0.25) is 4.34 Å². The van der Waals surface area contributed by atoms with Crippen LogP contribution in [0.4, 0.5) is 0 Å². The van der Waals surface area contributed by atoms with Gasteiger partial charge in [0.05, 0.1) is 10.5 Å². The molecule has 0 radical (unpaired) electrons. The maximum atomic E-state index is 12.3. The number of halogens is 1. The number of rotatable bonds is 6. The molecule has 10 heteroatoms. The van der Waals surface area contributed by atoms with Crippen LogP contribution >= 0.6 is 22.9 Å². The molecule has 0 fully saturated rings. The fourth-order valence-electron chi connectivity index (χ4n) is 1.99. The number of nitrogens with zero attached hydrogens (tertiary/aromatic N) is 2. The Balaban J connectivity index is 2.19. The molecule has 0 saturated heterocycles. The number of thiophene rings is 1. The van der Waals surface area contributed by atoms with Crippen LogP contribution in [0.15, 0.2) is 23.2 Å². The Labute approximate surface area is 136 Å². The van der Waals surface area contributed by atoms with E-state index in [1.807, 2.05) is 6.07 Å². The molecule has 0 bridgehead atoms. The number of carboxylic acids is 1. The molecule has 2 aromatic rings. The number of sulfonamides is 1. The highest BCUT2D eigenvalue weighted by atomic mass is 35.5. The summed E-state index contributed by atoms with van der Waals surface area (Å²) < 4.78 is 28.8. The van der Waals surface area contributed by atoms with Crippen LogP contribution in [0.3, 0.4) is 0 Å². The molecular formula is C12H14ClN3O4S2. The Hall–Kier alpha value is -1.42. The quantitative estimate of drug-likeness (QED) is 0.814. The number of carbonyl (C=O) groups is 1. The molecular weight excluding hydrogens is 350 g/mol. The van der Waals surface area contributed by atoms with Crippen molar-refractivity contribution in [3.8, 4) is 0 Å². The number of aryl methyl sites for hydroxylation is 1. The van der Waals surface area contributed by atoms with E-state index >= 15 is 0 Å². The van der Waals surface area contributed by atoms with E-state index in [4.69, 9.17) is 16.7 Å². The van der Waals surface area contributed by atoms with Crippen LogP contribution in [0, 0.1) is 0 Å². The predicted molar refractivity (Wildman–Crippen MR) is 83.0 cm³/mol. The first-order valence-corrected chi connectivity index (χ1v) is 8.90. The SMILES string of the molecule is CC(Cc1ccc(Cl)s1)NS(=O)(=O)c1cnn(C)c1C(=O)O. The summed E-state index contributed by atoms with van der Waals surface area (Å²) in [5, 5.41) is 12.8. The maximum Gasteiger partial charge on any atom is 0.355 e. The topological polar surface area (TPSA) is 101 Å². The third-order valence-electron chi connectivity index (χ3n) is 2.89. The fraction of sp³-hybridized carbons (Fsp3) is 0.333. The summed E-state index contributed by atoms with van der Waals surface area (Å²) in [6, 6.07) is 3.15. The van der Waals surface area contributed by atoms with Crippen LogP contribution < -0.4 is 4.72 Å². The molecule has 0 aliphatic heterocycles. The van der Waals surface area contributed by atoms with E-state index in [1.54, 1.807) is 13.0 Å². The maximum absolute atomic E-state index is 12.3. The van der Waals surface area contributed by atoms with E-state index in [2.05, 4.69) is 9.82 Å². The van der Waals surface area contributed by atoms with Gasteiger partial charge < -0.3 is 5.11 Å². The molecule has 0 spiro atoms. The minimum absolute atomic E-state index is 0.349. The van der Waals surface area contributed by atoms with Crippen molar-refractivity contribution in [1.29, 1.82) is 0 Å². The molecule has 1 unspecified atom stereocenters. The highest BCUT2D eigenvalue weighted by Gasteiger charge is 2.27. The highest BCUT2D eigenvalue weighted by Crippen LogP contribution is 2.23. The van der Waals surface area contributed by atoms with Gasteiger partial charge in [0.15, 0.2) is 5.69 Å². The molecule has 0 amide bonds. The lowest BCUT2D eigenvalue weighted by Gasteiger charge is -2.13. The Morgan fingerprint density at radius 2 is 2.23 bits per heavy atom. The van der Waals surface area contributed by atoms with Gasteiger partial charge in [0, 0.05) is 18.0 Å². The molecule has 2 N–H and O–H groups in total. The van der Waals surface area contributed by atoms with Crippen LogP contribution in [0.1, 0.15) is 22.3 Å². The van der Waals surface area contributed by atoms with Gasteiger partial charge in [0.25, 0.3) is 0 Å². The first-order valence-electron chi connectivity index (χ1n) is 6.22. The number of aromatic carboxylic acids is 1.